The van der Waals surface area contributed by atoms with Crippen LogP contribution in [0.2, 0.25) is 0 Å². The summed E-state index contributed by atoms with van der Waals surface area (Å²) in [4.78, 5) is 21.9. The Morgan fingerprint density at radius 3 is 2.35 bits per heavy atom. The van der Waals surface area contributed by atoms with Gasteiger partial charge in [-0.1, -0.05) is 30.3 Å². The summed E-state index contributed by atoms with van der Waals surface area (Å²) in [5, 5.41) is 10.9. The van der Waals surface area contributed by atoms with Crippen LogP contribution < -0.4 is 0 Å². The smallest absolute Gasteiger partial charge is 0.410 e. The summed E-state index contributed by atoms with van der Waals surface area (Å²) in [5.74, 6) is -0.941. The number of nitrogens with zero attached hydrogens (tertiary/aromatic N) is 1. The third-order valence-corrected chi connectivity index (χ3v) is 2.85. The zero-order valence-electron chi connectivity index (χ0n) is 9.38. The highest BCUT2D eigenvalue weighted by Gasteiger charge is 2.29. The highest BCUT2D eigenvalue weighted by Crippen LogP contribution is 2.29. The first kappa shape index (κ1) is 13.2. The molecule has 1 aromatic rings. The van der Waals surface area contributed by atoms with Gasteiger partial charge < -0.3 is 4.74 Å². The second-order valence-corrected chi connectivity index (χ2v) is 3.81. The van der Waals surface area contributed by atoms with Crippen LogP contribution >= 0.6 is 11.8 Å². The van der Waals surface area contributed by atoms with Gasteiger partial charge >= 0.3 is 11.7 Å². The third kappa shape index (κ3) is 3.07. The summed E-state index contributed by atoms with van der Waals surface area (Å²) >= 11 is 1.14. The molecule has 0 radical (unpaired) electrons. The zero-order valence-corrected chi connectivity index (χ0v) is 10.2. The van der Waals surface area contributed by atoms with Crippen LogP contribution in [0.1, 0.15) is 5.56 Å². The lowest BCUT2D eigenvalue weighted by Crippen LogP contribution is -2.14. The summed E-state index contributed by atoms with van der Waals surface area (Å²) in [5.41, 5.74) is 0.0864. The number of hydrogen-bond acceptors (Lipinski definition) is 5. The first-order chi connectivity index (χ1) is 8.11. The van der Waals surface area contributed by atoms with Gasteiger partial charge in [0.15, 0.2) is 0 Å². The van der Waals surface area contributed by atoms with E-state index >= 15 is 0 Å². The molecule has 17 heavy (non-hydrogen) atoms. The van der Waals surface area contributed by atoms with Gasteiger partial charge in [0, 0.05) is 0 Å². The van der Waals surface area contributed by atoms with Gasteiger partial charge in [-0.2, -0.15) is 0 Å². The Hall–Kier alpha value is -1.82. The van der Waals surface area contributed by atoms with E-state index in [1.165, 1.54) is 0 Å². The van der Waals surface area contributed by atoms with Gasteiger partial charge in [0.1, 0.15) is 4.91 Å². The van der Waals surface area contributed by atoms with Crippen LogP contribution in [0.3, 0.4) is 0 Å². The predicted molar refractivity (Wildman–Crippen MR) is 65.9 cm³/mol. The van der Waals surface area contributed by atoms with Gasteiger partial charge in [-0.25, -0.2) is 4.79 Å². The molecular formula is C11H11NO4S. The molecule has 6 heteroatoms. The number of thioether (sulfide) groups is 1. The average Bonchev–Trinajstić information content (AvgIpc) is 2.35. The lowest BCUT2D eigenvalue weighted by molar-refractivity contribution is -0.419. The van der Waals surface area contributed by atoms with Crippen molar-refractivity contribution in [3.8, 4) is 0 Å². The minimum atomic E-state index is -0.941. The Labute approximate surface area is 103 Å². The standard InChI is InChI=1S/C11H11NO4S/c1-16-11(13)9(12(14)15)10(17-2)8-6-4-3-5-7-8/h3-7H,1-2H3/b10-9+. The first-order valence-electron chi connectivity index (χ1n) is 4.68. The van der Waals surface area contributed by atoms with Crippen molar-refractivity contribution >= 4 is 22.6 Å². The molecule has 0 spiro atoms. The van der Waals surface area contributed by atoms with Crippen LogP contribution in [0, 0.1) is 10.1 Å². The molecule has 1 rings (SSSR count). The molecule has 0 fully saturated rings. The number of ether oxygens (including phenoxy) is 1. The number of rotatable bonds is 4. The maximum Gasteiger partial charge on any atom is 0.410 e. The van der Waals surface area contributed by atoms with Gasteiger partial charge in [0.2, 0.25) is 0 Å². The van der Waals surface area contributed by atoms with Gasteiger partial charge in [-0.3, -0.25) is 10.1 Å². The van der Waals surface area contributed by atoms with Crippen LogP contribution in [0.5, 0.6) is 0 Å². The van der Waals surface area contributed by atoms with Crippen molar-refractivity contribution in [1.82, 2.24) is 0 Å². The highest BCUT2D eigenvalue weighted by atomic mass is 32.2. The van der Waals surface area contributed by atoms with E-state index < -0.39 is 16.6 Å². The van der Waals surface area contributed by atoms with Crippen molar-refractivity contribution in [3.63, 3.8) is 0 Å². The van der Waals surface area contributed by atoms with Crippen molar-refractivity contribution in [2.24, 2.45) is 0 Å². The fourth-order valence-corrected chi connectivity index (χ4v) is 2.01. The SMILES string of the molecule is COC(=O)/C(=C(\SC)c1ccccc1)[N+](=O)[O-]. The van der Waals surface area contributed by atoms with Crippen molar-refractivity contribution in [2.75, 3.05) is 13.4 Å². The molecule has 0 atom stereocenters. The fourth-order valence-electron chi connectivity index (χ4n) is 1.29. The van der Waals surface area contributed by atoms with E-state index in [4.69, 9.17) is 0 Å². The zero-order chi connectivity index (χ0) is 12.8. The van der Waals surface area contributed by atoms with Crippen molar-refractivity contribution in [3.05, 3.63) is 51.7 Å². The van der Waals surface area contributed by atoms with Crippen LogP contribution in [-0.4, -0.2) is 24.3 Å². The fraction of sp³-hybridized carbons (Fsp3) is 0.182. The van der Waals surface area contributed by atoms with Crippen molar-refractivity contribution in [2.45, 2.75) is 0 Å². The molecule has 5 nitrogen and oxygen atoms in total. The Kier molecular flexibility index (Phi) is 4.71. The second kappa shape index (κ2) is 6.05. The van der Waals surface area contributed by atoms with E-state index in [1.807, 2.05) is 0 Å². The topological polar surface area (TPSA) is 69.4 Å². The highest BCUT2D eigenvalue weighted by molar-refractivity contribution is 8.07. The maximum absolute atomic E-state index is 11.4. The molecular weight excluding hydrogens is 242 g/mol. The molecule has 0 aliphatic heterocycles. The molecule has 0 heterocycles. The van der Waals surface area contributed by atoms with Gasteiger partial charge in [-0.05, 0) is 11.8 Å². The third-order valence-electron chi connectivity index (χ3n) is 2.02. The molecule has 0 unspecified atom stereocenters. The quantitative estimate of drug-likeness (QED) is 0.356. The van der Waals surface area contributed by atoms with Crippen LogP contribution in [0.15, 0.2) is 36.0 Å². The van der Waals surface area contributed by atoms with E-state index in [1.54, 1.807) is 36.6 Å². The van der Waals surface area contributed by atoms with Crippen LogP contribution in [-0.2, 0) is 9.53 Å². The molecule has 0 N–H and O–H groups in total. The summed E-state index contributed by atoms with van der Waals surface area (Å²) in [6.07, 6.45) is 1.68. The lowest BCUT2D eigenvalue weighted by atomic mass is 10.2. The lowest BCUT2D eigenvalue weighted by Gasteiger charge is -2.05. The Balaban J connectivity index is 3.37. The second-order valence-electron chi connectivity index (χ2n) is 3.00. The van der Waals surface area contributed by atoms with Crippen LogP contribution in [0.4, 0.5) is 0 Å². The van der Waals surface area contributed by atoms with Gasteiger partial charge in [0.25, 0.3) is 0 Å². The van der Waals surface area contributed by atoms with Gasteiger partial charge in [0.05, 0.1) is 12.0 Å². The molecule has 0 saturated heterocycles. The Morgan fingerprint density at radius 1 is 1.35 bits per heavy atom. The normalized spacial score (nSPS) is 11.6. The molecule has 0 bridgehead atoms. The molecule has 0 saturated carbocycles. The van der Waals surface area contributed by atoms with E-state index in [0.717, 1.165) is 18.9 Å². The van der Waals surface area contributed by atoms with E-state index in [9.17, 15) is 14.9 Å². The van der Waals surface area contributed by atoms with Crippen molar-refractivity contribution in [1.29, 1.82) is 0 Å². The van der Waals surface area contributed by atoms with Gasteiger partial charge in [-0.15, -0.1) is 11.8 Å². The molecule has 90 valence electrons. The van der Waals surface area contributed by atoms with Crippen LogP contribution in [0.25, 0.3) is 4.91 Å². The summed E-state index contributed by atoms with van der Waals surface area (Å²) < 4.78 is 4.43. The largest absolute Gasteiger partial charge is 0.461 e. The molecule has 0 aliphatic carbocycles. The summed E-state index contributed by atoms with van der Waals surface area (Å²) in [6.45, 7) is 0. The minimum Gasteiger partial charge on any atom is -0.461 e. The van der Waals surface area contributed by atoms with Crippen molar-refractivity contribution < 1.29 is 14.5 Å². The molecule has 0 aromatic heterocycles. The number of carbonyl (C=O) groups excluding carboxylic acids is 1. The molecule has 1 aromatic carbocycles. The number of carbonyl (C=O) groups is 1. The minimum absolute atomic E-state index is 0.294. The predicted octanol–water partition coefficient (Wildman–Crippen LogP) is 2.17. The maximum atomic E-state index is 11.4. The molecule has 0 aliphatic rings. The van der Waals surface area contributed by atoms with E-state index in [2.05, 4.69) is 4.74 Å². The summed E-state index contributed by atoms with van der Waals surface area (Å²) in [6, 6.07) is 8.71. The van der Waals surface area contributed by atoms with E-state index in [-0.39, 0.29) is 0 Å². The first-order valence-corrected chi connectivity index (χ1v) is 5.90. The monoisotopic (exact) mass is 253 g/mol. The number of methoxy groups -OCH3 is 1. The number of benzene rings is 1. The number of nitro groups is 1. The Bertz CT molecular complexity index is 456. The average molecular weight is 253 g/mol. The van der Waals surface area contributed by atoms with E-state index in [0.29, 0.717) is 10.5 Å². The molecule has 0 amide bonds. The number of hydrogen-bond donors (Lipinski definition) is 0. The Morgan fingerprint density at radius 2 is 1.94 bits per heavy atom. The number of esters is 1. The summed E-state index contributed by atoms with van der Waals surface area (Å²) in [7, 11) is 1.12.